The molecule has 98 valence electrons. The molecule has 0 fully saturated rings. The Bertz CT molecular complexity index is 487. The number of benzene rings is 1. The SMILES string of the molecule is NC1c2cccc(C(F)(F)F)c2OCC1C(=O)O. The first-order valence-electron chi connectivity index (χ1n) is 5.13. The third-order valence-electron chi connectivity index (χ3n) is 2.87. The van der Waals surface area contributed by atoms with Gasteiger partial charge in [0.2, 0.25) is 0 Å². The number of ether oxygens (including phenoxy) is 1. The van der Waals surface area contributed by atoms with E-state index in [1.54, 1.807) is 0 Å². The van der Waals surface area contributed by atoms with Gasteiger partial charge in [-0.1, -0.05) is 12.1 Å². The fourth-order valence-corrected chi connectivity index (χ4v) is 1.92. The standard InChI is InChI=1S/C11H10F3NO3/c12-11(13,14)7-3-1-2-5-8(15)6(10(16)17)4-18-9(5)7/h1-3,6,8H,4,15H2,(H,16,17). The lowest BCUT2D eigenvalue weighted by Crippen LogP contribution is -2.37. The summed E-state index contributed by atoms with van der Waals surface area (Å²) in [4.78, 5) is 10.9. The van der Waals surface area contributed by atoms with Crippen LogP contribution in [0.4, 0.5) is 13.2 Å². The van der Waals surface area contributed by atoms with E-state index in [9.17, 15) is 18.0 Å². The highest BCUT2D eigenvalue weighted by atomic mass is 19.4. The van der Waals surface area contributed by atoms with E-state index in [1.165, 1.54) is 12.1 Å². The number of halogens is 3. The first kappa shape index (κ1) is 12.7. The number of carbonyl (C=O) groups is 1. The number of para-hydroxylation sites is 1. The van der Waals surface area contributed by atoms with Gasteiger partial charge < -0.3 is 15.6 Å². The predicted octanol–water partition coefficient (Wildman–Crippen LogP) is 1.80. The van der Waals surface area contributed by atoms with Gasteiger partial charge in [0, 0.05) is 11.6 Å². The first-order chi connectivity index (χ1) is 8.32. The van der Waals surface area contributed by atoms with Crippen molar-refractivity contribution >= 4 is 5.97 Å². The average Bonchev–Trinajstić information content (AvgIpc) is 2.27. The molecule has 0 saturated heterocycles. The Kier molecular flexibility index (Phi) is 2.94. The van der Waals surface area contributed by atoms with Gasteiger partial charge in [0.25, 0.3) is 0 Å². The van der Waals surface area contributed by atoms with Crippen molar-refractivity contribution in [3.05, 3.63) is 29.3 Å². The van der Waals surface area contributed by atoms with Gasteiger partial charge in [-0.05, 0) is 6.07 Å². The molecule has 3 N–H and O–H groups in total. The van der Waals surface area contributed by atoms with E-state index in [1.807, 2.05) is 0 Å². The molecule has 0 bridgehead atoms. The lowest BCUT2D eigenvalue weighted by Gasteiger charge is -2.30. The Morgan fingerprint density at radius 3 is 2.67 bits per heavy atom. The Hall–Kier alpha value is -1.76. The molecule has 0 amide bonds. The zero-order chi connectivity index (χ0) is 13.5. The van der Waals surface area contributed by atoms with Crippen LogP contribution in [-0.2, 0) is 11.0 Å². The van der Waals surface area contributed by atoms with Gasteiger partial charge in [-0.2, -0.15) is 13.2 Å². The van der Waals surface area contributed by atoms with E-state index in [-0.39, 0.29) is 17.9 Å². The summed E-state index contributed by atoms with van der Waals surface area (Å²) in [5.74, 6) is -2.60. The quantitative estimate of drug-likeness (QED) is 0.808. The maximum Gasteiger partial charge on any atom is 0.419 e. The second kappa shape index (κ2) is 4.16. The summed E-state index contributed by atoms with van der Waals surface area (Å²) in [6, 6.07) is 2.42. The smallest absolute Gasteiger partial charge is 0.419 e. The van der Waals surface area contributed by atoms with E-state index in [0.717, 1.165) is 6.07 Å². The van der Waals surface area contributed by atoms with Crippen molar-refractivity contribution in [2.45, 2.75) is 12.2 Å². The number of nitrogens with two attached hydrogens (primary N) is 1. The number of carboxylic acids is 1. The van der Waals surface area contributed by atoms with Crippen molar-refractivity contribution in [1.82, 2.24) is 0 Å². The summed E-state index contributed by atoms with van der Waals surface area (Å²) in [5.41, 5.74) is 4.82. The second-order valence-corrected chi connectivity index (χ2v) is 4.00. The summed E-state index contributed by atoms with van der Waals surface area (Å²) < 4.78 is 43.1. The molecular weight excluding hydrogens is 251 g/mol. The Labute approximate surface area is 100 Å². The summed E-state index contributed by atoms with van der Waals surface area (Å²) in [6.07, 6.45) is -4.55. The highest BCUT2D eigenvalue weighted by Crippen LogP contribution is 2.43. The Morgan fingerprint density at radius 2 is 2.11 bits per heavy atom. The number of aliphatic carboxylic acids is 1. The molecule has 1 heterocycles. The monoisotopic (exact) mass is 261 g/mol. The minimum atomic E-state index is -4.55. The van der Waals surface area contributed by atoms with Crippen LogP contribution in [0, 0.1) is 5.92 Å². The van der Waals surface area contributed by atoms with E-state index in [0.29, 0.717) is 0 Å². The number of rotatable bonds is 1. The van der Waals surface area contributed by atoms with Crippen LogP contribution < -0.4 is 10.5 Å². The molecular formula is C11H10F3NO3. The third-order valence-corrected chi connectivity index (χ3v) is 2.87. The number of fused-ring (bicyclic) bond motifs is 1. The maximum absolute atomic E-state index is 12.7. The second-order valence-electron chi connectivity index (χ2n) is 4.00. The number of carboxylic acid groups (broad SMARTS) is 1. The fourth-order valence-electron chi connectivity index (χ4n) is 1.92. The minimum Gasteiger partial charge on any atom is -0.492 e. The topological polar surface area (TPSA) is 72.5 Å². The average molecular weight is 261 g/mol. The summed E-state index contributed by atoms with van der Waals surface area (Å²) >= 11 is 0. The molecule has 1 aliphatic rings. The molecule has 2 rings (SSSR count). The van der Waals surface area contributed by atoms with Crippen molar-refractivity contribution in [2.24, 2.45) is 11.7 Å². The van der Waals surface area contributed by atoms with Crippen LogP contribution in [0.1, 0.15) is 17.2 Å². The van der Waals surface area contributed by atoms with Crippen LogP contribution in [-0.4, -0.2) is 17.7 Å². The minimum absolute atomic E-state index is 0.0727. The van der Waals surface area contributed by atoms with E-state index < -0.39 is 29.7 Å². The van der Waals surface area contributed by atoms with Crippen LogP contribution in [0.2, 0.25) is 0 Å². The van der Waals surface area contributed by atoms with Crippen LogP contribution in [0.5, 0.6) is 5.75 Å². The summed E-state index contributed by atoms with van der Waals surface area (Å²) in [7, 11) is 0. The lowest BCUT2D eigenvalue weighted by molar-refractivity contribution is -0.145. The van der Waals surface area contributed by atoms with Crippen molar-refractivity contribution < 1.29 is 27.8 Å². The molecule has 1 aliphatic heterocycles. The van der Waals surface area contributed by atoms with Crippen molar-refractivity contribution in [3.63, 3.8) is 0 Å². The molecule has 0 radical (unpaired) electrons. The Balaban J connectivity index is 2.49. The van der Waals surface area contributed by atoms with Gasteiger partial charge >= 0.3 is 12.1 Å². The highest BCUT2D eigenvalue weighted by Gasteiger charge is 2.40. The molecule has 1 aromatic carbocycles. The van der Waals surface area contributed by atoms with Gasteiger partial charge in [0.05, 0.1) is 5.56 Å². The predicted molar refractivity (Wildman–Crippen MR) is 55.0 cm³/mol. The summed E-state index contributed by atoms with van der Waals surface area (Å²) in [5, 5.41) is 8.88. The molecule has 2 atom stereocenters. The van der Waals surface area contributed by atoms with E-state index >= 15 is 0 Å². The molecule has 2 unspecified atom stereocenters. The molecule has 4 nitrogen and oxygen atoms in total. The largest absolute Gasteiger partial charge is 0.492 e. The van der Waals surface area contributed by atoms with Crippen LogP contribution in [0.25, 0.3) is 0 Å². The van der Waals surface area contributed by atoms with Gasteiger partial charge in [-0.25, -0.2) is 0 Å². The first-order valence-corrected chi connectivity index (χ1v) is 5.13. The van der Waals surface area contributed by atoms with E-state index in [2.05, 4.69) is 0 Å². The maximum atomic E-state index is 12.7. The van der Waals surface area contributed by atoms with Crippen molar-refractivity contribution in [1.29, 1.82) is 0 Å². The summed E-state index contributed by atoms with van der Waals surface area (Å²) in [6.45, 7) is -0.364. The normalized spacial score (nSPS) is 23.1. The number of alkyl halides is 3. The molecule has 18 heavy (non-hydrogen) atoms. The zero-order valence-electron chi connectivity index (χ0n) is 9.07. The molecule has 0 spiro atoms. The highest BCUT2D eigenvalue weighted by molar-refractivity contribution is 5.72. The molecule has 0 saturated carbocycles. The van der Waals surface area contributed by atoms with Crippen LogP contribution >= 0.6 is 0 Å². The molecule has 0 aromatic heterocycles. The van der Waals surface area contributed by atoms with Gasteiger partial charge in [-0.15, -0.1) is 0 Å². The Morgan fingerprint density at radius 1 is 1.44 bits per heavy atom. The molecule has 0 aliphatic carbocycles. The zero-order valence-corrected chi connectivity index (χ0v) is 9.07. The van der Waals surface area contributed by atoms with E-state index in [4.69, 9.17) is 15.6 Å². The van der Waals surface area contributed by atoms with Crippen LogP contribution in [0.3, 0.4) is 0 Å². The third kappa shape index (κ3) is 2.01. The number of hydrogen-bond acceptors (Lipinski definition) is 3. The van der Waals surface area contributed by atoms with Crippen molar-refractivity contribution in [2.75, 3.05) is 6.61 Å². The lowest BCUT2D eigenvalue weighted by atomic mass is 9.90. The van der Waals surface area contributed by atoms with Gasteiger partial charge in [0.1, 0.15) is 18.3 Å². The van der Waals surface area contributed by atoms with Crippen molar-refractivity contribution in [3.8, 4) is 5.75 Å². The molecule has 1 aromatic rings. The molecule has 7 heteroatoms. The number of hydrogen-bond donors (Lipinski definition) is 2. The van der Waals surface area contributed by atoms with Crippen LogP contribution in [0.15, 0.2) is 18.2 Å². The van der Waals surface area contributed by atoms with Gasteiger partial charge in [0.15, 0.2) is 0 Å². The van der Waals surface area contributed by atoms with Gasteiger partial charge in [-0.3, -0.25) is 4.79 Å². The fraction of sp³-hybridized carbons (Fsp3) is 0.364.